The van der Waals surface area contributed by atoms with E-state index in [1.807, 2.05) is 13.8 Å². The molecule has 0 atom stereocenters. The predicted molar refractivity (Wildman–Crippen MR) is 95.2 cm³/mol. The molecule has 2 aromatic rings. The second-order valence-corrected chi connectivity index (χ2v) is 6.57. The topological polar surface area (TPSA) is 86.8 Å². The maximum atomic E-state index is 12.4. The van der Waals surface area contributed by atoms with Crippen LogP contribution in [0.15, 0.2) is 18.3 Å². The number of ether oxygens (including phenoxy) is 3. The lowest BCUT2D eigenvalue weighted by atomic mass is 10.2. The van der Waals surface area contributed by atoms with Crippen molar-refractivity contribution in [3.63, 3.8) is 0 Å². The van der Waals surface area contributed by atoms with E-state index in [1.54, 1.807) is 0 Å². The van der Waals surface area contributed by atoms with Crippen molar-refractivity contribution < 1.29 is 23.8 Å². The Morgan fingerprint density at radius 3 is 2.60 bits per heavy atom. The van der Waals surface area contributed by atoms with Crippen molar-refractivity contribution in [2.24, 2.45) is 0 Å². The molecule has 25 heavy (non-hydrogen) atoms. The van der Waals surface area contributed by atoms with Crippen molar-refractivity contribution in [3.05, 3.63) is 33.8 Å². The molecule has 0 fully saturated rings. The lowest BCUT2D eigenvalue weighted by molar-refractivity contribution is 0.0606. The number of benzene rings is 1. The lowest BCUT2D eigenvalue weighted by Crippen LogP contribution is -2.13. The largest absolute Gasteiger partial charge is 0.493 e. The van der Waals surface area contributed by atoms with Crippen LogP contribution in [-0.2, 0) is 4.74 Å². The van der Waals surface area contributed by atoms with Crippen molar-refractivity contribution in [1.82, 2.24) is 4.98 Å². The van der Waals surface area contributed by atoms with Gasteiger partial charge in [-0.05, 0) is 26.0 Å². The van der Waals surface area contributed by atoms with E-state index in [1.165, 1.54) is 32.5 Å². The van der Waals surface area contributed by atoms with Crippen molar-refractivity contribution >= 4 is 39.9 Å². The number of carbonyl (C=O) groups excluding carboxylic acids is 2. The van der Waals surface area contributed by atoms with Crippen LogP contribution >= 0.6 is 22.9 Å². The Hall–Kier alpha value is -2.32. The predicted octanol–water partition coefficient (Wildman–Crippen LogP) is 3.63. The normalized spacial score (nSPS) is 10.5. The molecule has 0 unspecified atom stereocenters. The highest BCUT2D eigenvalue weighted by Crippen LogP contribution is 2.37. The number of aromatic nitrogens is 1. The first-order valence-corrected chi connectivity index (χ1v) is 8.44. The summed E-state index contributed by atoms with van der Waals surface area (Å²) < 4.78 is 15.5. The Bertz CT molecular complexity index is 791. The summed E-state index contributed by atoms with van der Waals surface area (Å²) in [5.74, 6) is -0.237. The number of thiazole rings is 1. The monoisotopic (exact) mass is 384 g/mol. The van der Waals surface area contributed by atoms with Gasteiger partial charge in [0, 0.05) is 5.56 Å². The van der Waals surface area contributed by atoms with Gasteiger partial charge in [-0.2, -0.15) is 0 Å². The van der Waals surface area contributed by atoms with E-state index in [-0.39, 0.29) is 26.7 Å². The Kier molecular flexibility index (Phi) is 6.22. The molecule has 0 radical (unpaired) electrons. The minimum atomic E-state index is -0.516. The molecule has 0 saturated heterocycles. The van der Waals surface area contributed by atoms with Gasteiger partial charge in [-0.15, -0.1) is 0 Å². The molecule has 1 N–H and O–H groups in total. The van der Waals surface area contributed by atoms with Gasteiger partial charge in [-0.1, -0.05) is 22.9 Å². The summed E-state index contributed by atoms with van der Waals surface area (Å²) in [6.07, 6.45) is 1.23. The number of nitrogens with zero attached hydrogens (tertiary/aromatic N) is 1. The van der Waals surface area contributed by atoms with Crippen molar-refractivity contribution in [3.8, 4) is 11.5 Å². The molecule has 2 rings (SSSR count). The highest BCUT2D eigenvalue weighted by molar-refractivity contribution is 7.17. The highest BCUT2D eigenvalue weighted by Gasteiger charge is 2.18. The zero-order valence-corrected chi connectivity index (χ0v) is 15.7. The van der Waals surface area contributed by atoms with E-state index in [0.29, 0.717) is 11.5 Å². The van der Waals surface area contributed by atoms with E-state index >= 15 is 0 Å². The maximum absolute atomic E-state index is 12.4. The number of amides is 1. The Morgan fingerprint density at radius 1 is 1.28 bits per heavy atom. The molecule has 1 heterocycles. The third-order valence-corrected chi connectivity index (χ3v) is 4.13. The Labute approximate surface area is 153 Å². The minimum absolute atomic E-state index is 0.0989. The minimum Gasteiger partial charge on any atom is -0.493 e. The van der Waals surface area contributed by atoms with Crippen LogP contribution in [0.3, 0.4) is 0 Å². The summed E-state index contributed by atoms with van der Waals surface area (Å²) in [5.41, 5.74) is 0.271. The molecule has 1 amide bonds. The number of halogens is 1. The molecule has 9 heteroatoms. The fourth-order valence-corrected chi connectivity index (χ4v) is 2.88. The second-order valence-electron chi connectivity index (χ2n) is 5.13. The van der Waals surface area contributed by atoms with Gasteiger partial charge in [0.05, 0.1) is 31.5 Å². The van der Waals surface area contributed by atoms with Crippen LogP contribution in [0.25, 0.3) is 0 Å². The van der Waals surface area contributed by atoms with E-state index < -0.39 is 11.9 Å². The third kappa shape index (κ3) is 4.61. The molecule has 1 aromatic carbocycles. The molecule has 7 nitrogen and oxygen atoms in total. The van der Waals surface area contributed by atoms with E-state index in [0.717, 1.165) is 11.3 Å². The van der Waals surface area contributed by atoms with Gasteiger partial charge >= 0.3 is 5.97 Å². The van der Waals surface area contributed by atoms with Gasteiger partial charge < -0.3 is 14.2 Å². The van der Waals surface area contributed by atoms with Crippen LogP contribution in [0.1, 0.15) is 33.9 Å². The fourth-order valence-electron chi connectivity index (χ4n) is 1.90. The van der Waals surface area contributed by atoms with E-state index in [2.05, 4.69) is 15.0 Å². The molecular formula is C16H17ClN2O5S. The third-order valence-electron chi connectivity index (χ3n) is 2.96. The molecule has 0 aliphatic heterocycles. The fraction of sp³-hybridized carbons (Fsp3) is 0.312. The van der Waals surface area contributed by atoms with Crippen LogP contribution in [0.2, 0.25) is 5.02 Å². The SMILES string of the molecule is COC(=O)c1cnc(NC(=O)c2cc(Cl)c(OC(C)C)c(OC)c2)s1. The molecule has 0 saturated carbocycles. The van der Waals surface area contributed by atoms with Gasteiger partial charge in [0.15, 0.2) is 16.6 Å². The van der Waals surface area contributed by atoms with Gasteiger partial charge in [0.1, 0.15) is 4.88 Å². The molecule has 134 valence electrons. The summed E-state index contributed by atoms with van der Waals surface area (Å²) in [6, 6.07) is 3.00. The summed E-state index contributed by atoms with van der Waals surface area (Å²) in [5, 5.41) is 3.13. The number of hydrogen-bond donors (Lipinski definition) is 1. The molecule has 1 aromatic heterocycles. The zero-order valence-electron chi connectivity index (χ0n) is 14.1. The second kappa shape index (κ2) is 8.17. The van der Waals surface area contributed by atoms with Gasteiger partial charge in [0.25, 0.3) is 5.91 Å². The average Bonchev–Trinajstić information content (AvgIpc) is 3.03. The maximum Gasteiger partial charge on any atom is 0.349 e. The van der Waals surface area contributed by atoms with Crippen molar-refractivity contribution in [2.75, 3.05) is 19.5 Å². The summed E-state index contributed by atoms with van der Waals surface area (Å²) in [4.78, 5) is 28.1. The molecule has 0 spiro atoms. The van der Waals surface area contributed by atoms with E-state index in [4.69, 9.17) is 21.1 Å². The zero-order chi connectivity index (χ0) is 18.6. The van der Waals surface area contributed by atoms with Gasteiger partial charge in [0.2, 0.25) is 0 Å². The number of carbonyl (C=O) groups is 2. The summed E-state index contributed by atoms with van der Waals surface area (Å²) in [7, 11) is 2.74. The van der Waals surface area contributed by atoms with Crippen LogP contribution in [-0.4, -0.2) is 37.2 Å². The van der Waals surface area contributed by atoms with Crippen molar-refractivity contribution in [2.45, 2.75) is 20.0 Å². The van der Waals surface area contributed by atoms with E-state index in [9.17, 15) is 9.59 Å². The van der Waals surface area contributed by atoms with Crippen molar-refractivity contribution in [1.29, 1.82) is 0 Å². The highest BCUT2D eigenvalue weighted by atomic mass is 35.5. The van der Waals surface area contributed by atoms with Gasteiger partial charge in [-0.25, -0.2) is 9.78 Å². The summed E-state index contributed by atoms with van der Waals surface area (Å²) in [6.45, 7) is 3.72. The first kappa shape index (κ1) is 19.0. The molecule has 0 bridgehead atoms. The van der Waals surface area contributed by atoms with Crippen LogP contribution in [0.4, 0.5) is 5.13 Å². The van der Waals surface area contributed by atoms with Crippen LogP contribution < -0.4 is 14.8 Å². The van der Waals surface area contributed by atoms with Crippen LogP contribution in [0.5, 0.6) is 11.5 Å². The number of methoxy groups -OCH3 is 2. The molecule has 0 aliphatic rings. The number of anilines is 1. The number of esters is 1. The number of nitrogens with one attached hydrogen (secondary N) is 1. The van der Waals surface area contributed by atoms with Crippen LogP contribution in [0, 0.1) is 0 Å². The lowest BCUT2D eigenvalue weighted by Gasteiger charge is -2.16. The first-order valence-electron chi connectivity index (χ1n) is 7.25. The average molecular weight is 385 g/mol. The quantitative estimate of drug-likeness (QED) is 0.765. The summed E-state index contributed by atoms with van der Waals surface area (Å²) >= 11 is 7.22. The number of rotatable bonds is 6. The number of hydrogen-bond acceptors (Lipinski definition) is 7. The first-order chi connectivity index (χ1) is 11.8. The molecular weight excluding hydrogens is 368 g/mol. The standard InChI is InChI=1S/C16H17ClN2O5S/c1-8(2)24-13-10(17)5-9(6-11(13)22-3)14(20)19-16-18-7-12(25-16)15(21)23-4/h5-8H,1-4H3,(H,18,19,20). The Balaban J connectivity index is 2.23. The van der Waals surface area contributed by atoms with Gasteiger partial charge in [-0.3, -0.25) is 10.1 Å². The smallest absolute Gasteiger partial charge is 0.349 e. The Morgan fingerprint density at radius 2 is 2.00 bits per heavy atom. The molecule has 0 aliphatic carbocycles.